The van der Waals surface area contributed by atoms with Gasteiger partial charge in [-0.15, -0.1) is 0 Å². The number of anilines is 1. The van der Waals surface area contributed by atoms with E-state index in [0.29, 0.717) is 30.2 Å². The number of piperidine rings is 1. The van der Waals surface area contributed by atoms with E-state index in [1.807, 2.05) is 18.3 Å². The van der Waals surface area contributed by atoms with Gasteiger partial charge in [-0.1, -0.05) is 6.07 Å². The minimum absolute atomic E-state index is 0.194. The molecule has 2 aromatic rings. The molecule has 0 amide bonds. The van der Waals surface area contributed by atoms with E-state index in [2.05, 4.69) is 31.7 Å². The number of hydrazine groups is 1. The SMILES string of the molecule is COc1ccc(CN2CCCC(C3NNCC3c3ccnc(N4CCCC4)n3)C2)c(F)c1. The summed E-state index contributed by atoms with van der Waals surface area (Å²) in [5.74, 6) is 2.02. The van der Waals surface area contributed by atoms with Gasteiger partial charge in [0.15, 0.2) is 0 Å². The van der Waals surface area contributed by atoms with Crippen molar-refractivity contribution in [3.8, 4) is 5.75 Å². The molecule has 3 aliphatic heterocycles. The molecular formula is C24H33FN6O. The van der Waals surface area contributed by atoms with Crippen LogP contribution >= 0.6 is 0 Å². The lowest BCUT2D eigenvalue weighted by molar-refractivity contribution is 0.138. The first-order valence-corrected chi connectivity index (χ1v) is 11.8. The number of nitrogens with zero attached hydrogens (tertiary/aromatic N) is 4. The maximum Gasteiger partial charge on any atom is 0.225 e. The van der Waals surface area contributed by atoms with E-state index in [4.69, 9.17) is 9.72 Å². The quantitative estimate of drug-likeness (QED) is 0.716. The van der Waals surface area contributed by atoms with Crippen molar-refractivity contribution in [2.75, 3.05) is 44.7 Å². The normalized spacial score (nSPS) is 26.6. The van der Waals surface area contributed by atoms with Gasteiger partial charge in [0.1, 0.15) is 11.6 Å². The van der Waals surface area contributed by atoms with E-state index >= 15 is 0 Å². The molecule has 0 saturated carbocycles. The fraction of sp³-hybridized carbons (Fsp3) is 0.583. The molecule has 2 N–H and O–H groups in total. The molecule has 0 spiro atoms. The van der Waals surface area contributed by atoms with Gasteiger partial charge in [0.2, 0.25) is 5.95 Å². The minimum atomic E-state index is -0.194. The summed E-state index contributed by atoms with van der Waals surface area (Å²) >= 11 is 0. The summed E-state index contributed by atoms with van der Waals surface area (Å²) in [6.07, 6.45) is 6.63. The molecule has 3 aliphatic rings. The summed E-state index contributed by atoms with van der Waals surface area (Å²) < 4.78 is 19.6. The second kappa shape index (κ2) is 9.68. The van der Waals surface area contributed by atoms with Crippen LogP contribution in [0.5, 0.6) is 5.75 Å². The van der Waals surface area contributed by atoms with E-state index in [0.717, 1.165) is 56.4 Å². The van der Waals surface area contributed by atoms with Gasteiger partial charge in [-0.25, -0.2) is 14.4 Å². The van der Waals surface area contributed by atoms with E-state index in [1.165, 1.54) is 25.3 Å². The second-order valence-corrected chi connectivity index (χ2v) is 9.23. The van der Waals surface area contributed by atoms with Gasteiger partial charge >= 0.3 is 0 Å². The molecule has 7 nitrogen and oxygen atoms in total. The molecule has 0 radical (unpaired) electrons. The van der Waals surface area contributed by atoms with Crippen molar-refractivity contribution in [3.63, 3.8) is 0 Å². The first-order chi connectivity index (χ1) is 15.7. The van der Waals surface area contributed by atoms with Crippen LogP contribution in [0.1, 0.15) is 42.9 Å². The molecule has 4 heterocycles. The number of aromatic nitrogens is 2. The van der Waals surface area contributed by atoms with Crippen LogP contribution in [0.3, 0.4) is 0 Å². The number of likely N-dealkylation sites (tertiary alicyclic amines) is 1. The van der Waals surface area contributed by atoms with Crippen LogP contribution in [-0.2, 0) is 6.54 Å². The van der Waals surface area contributed by atoms with Crippen molar-refractivity contribution in [1.82, 2.24) is 25.7 Å². The summed E-state index contributed by atoms with van der Waals surface area (Å²) in [5, 5.41) is 0. The Hall–Kier alpha value is -2.29. The Morgan fingerprint density at radius 1 is 1.16 bits per heavy atom. The third-order valence-electron chi connectivity index (χ3n) is 7.16. The van der Waals surface area contributed by atoms with Crippen LogP contribution in [0.4, 0.5) is 10.3 Å². The van der Waals surface area contributed by atoms with Crippen LogP contribution in [0.2, 0.25) is 0 Å². The largest absolute Gasteiger partial charge is 0.497 e. The Bertz CT molecular complexity index is 921. The number of nitrogens with one attached hydrogen (secondary N) is 2. The van der Waals surface area contributed by atoms with Gasteiger partial charge in [-0.2, -0.15) is 0 Å². The van der Waals surface area contributed by atoms with Crippen molar-refractivity contribution in [3.05, 3.63) is 47.5 Å². The van der Waals surface area contributed by atoms with Crippen molar-refractivity contribution >= 4 is 5.95 Å². The van der Waals surface area contributed by atoms with Crippen LogP contribution < -0.4 is 20.5 Å². The van der Waals surface area contributed by atoms with E-state index < -0.39 is 0 Å². The molecule has 8 heteroatoms. The number of ether oxygens (including phenoxy) is 1. The Morgan fingerprint density at radius 3 is 2.84 bits per heavy atom. The lowest BCUT2D eigenvalue weighted by Crippen LogP contribution is -2.46. The smallest absolute Gasteiger partial charge is 0.225 e. The van der Waals surface area contributed by atoms with Crippen molar-refractivity contribution in [1.29, 1.82) is 0 Å². The zero-order valence-electron chi connectivity index (χ0n) is 18.8. The standard InChI is InChI=1S/C24H33FN6O/c1-32-19-7-6-17(21(25)13-19)15-30-10-4-5-18(16-30)23-20(14-27-29-23)22-8-9-26-24(28-22)31-11-2-3-12-31/h6-9,13,18,20,23,27,29H,2-5,10-12,14-16H2,1H3. The molecule has 0 bridgehead atoms. The van der Waals surface area contributed by atoms with E-state index in [1.54, 1.807) is 7.11 Å². The monoisotopic (exact) mass is 440 g/mol. The summed E-state index contributed by atoms with van der Waals surface area (Å²) in [6.45, 7) is 5.54. The first kappa shape index (κ1) is 21.6. The summed E-state index contributed by atoms with van der Waals surface area (Å²) in [6, 6.07) is 7.53. The fourth-order valence-electron chi connectivity index (χ4n) is 5.44. The number of rotatable bonds is 6. The van der Waals surface area contributed by atoms with E-state index in [-0.39, 0.29) is 5.82 Å². The summed E-state index contributed by atoms with van der Waals surface area (Å²) in [4.78, 5) is 14.2. The van der Waals surface area contributed by atoms with Crippen LogP contribution in [0.25, 0.3) is 0 Å². The lowest BCUT2D eigenvalue weighted by atomic mass is 9.82. The predicted molar refractivity (Wildman–Crippen MR) is 122 cm³/mol. The average molecular weight is 441 g/mol. The molecule has 1 aromatic heterocycles. The first-order valence-electron chi connectivity index (χ1n) is 11.8. The molecule has 3 saturated heterocycles. The molecule has 3 unspecified atom stereocenters. The highest BCUT2D eigenvalue weighted by Gasteiger charge is 2.37. The van der Waals surface area contributed by atoms with Crippen molar-refractivity contribution in [2.24, 2.45) is 5.92 Å². The zero-order valence-corrected chi connectivity index (χ0v) is 18.8. The molecule has 5 rings (SSSR count). The van der Waals surface area contributed by atoms with E-state index in [9.17, 15) is 4.39 Å². The third-order valence-corrected chi connectivity index (χ3v) is 7.16. The van der Waals surface area contributed by atoms with Crippen molar-refractivity contribution in [2.45, 2.75) is 44.2 Å². The number of methoxy groups -OCH3 is 1. The maximum absolute atomic E-state index is 14.5. The minimum Gasteiger partial charge on any atom is -0.497 e. The Labute approximate surface area is 189 Å². The zero-order chi connectivity index (χ0) is 21.9. The second-order valence-electron chi connectivity index (χ2n) is 9.23. The molecule has 1 aromatic carbocycles. The van der Waals surface area contributed by atoms with Gasteiger partial charge < -0.3 is 9.64 Å². The van der Waals surface area contributed by atoms with Gasteiger partial charge in [-0.3, -0.25) is 15.8 Å². The maximum atomic E-state index is 14.5. The van der Waals surface area contributed by atoms with Crippen molar-refractivity contribution < 1.29 is 9.13 Å². The highest BCUT2D eigenvalue weighted by molar-refractivity contribution is 5.33. The molecule has 3 atom stereocenters. The summed E-state index contributed by atoms with van der Waals surface area (Å²) in [5.41, 5.74) is 8.75. The predicted octanol–water partition coefficient (Wildman–Crippen LogP) is 2.70. The van der Waals surface area contributed by atoms with Crippen LogP contribution in [0.15, 0.2) is 30.5 Å². The highest BCUT2D eigenvalue weighted by atomic mass is 19.1. The third kappa shape index (κ3) is 4.58. The number of halogens is 1. The number of benzene rings is 1. The molecule has 172 valence electrons. The molecule has 32 heavy (non-hydrogen) atoms. The average Bonchev–Trinajstić information content (AvgIpc) is 3.53. The lowest BCUT2D eigenvalue weighted by Gasteiger charge is -2.37. The Kier molecular flexibility index (Phi) is 6.52. The molecule has 3 fully saturated rings. The van der Waals surface area contributed by atoms with Crippen LogP contribution in [-0.4, -0.2) is 60.7 Å². The Balaban J connectivity index is 1.27. The number of hydrogen-bond donors (Lipinski definition) is 2. The van der Waals surface area contributed by atoms with Gasteiger partial charge in [-0.05, 0) is 50.3 Å². The molecule has 0 aliphatic carbocycles. The molecular weight excluding hydrogens is 407 g/mol. The van der Waals surface area contributed by atoms with Gasteiger partial charge in [0, 0.05) is 62.5 Å². The number of hydrogen-bond acceptors (Lipinski definition) is 7. The van der Waals surface area contributed by atoms with Gasteiger partial charge in [0.05, 0.1) is 12.8 Å². The topological polar surface area (TPSA) is 65.6 Å². The fourth-order valence-corrected chi connectivity index (χ4v) is 5.44. The van der Waals surface area contributed by atoms with Crippen LogP contribution in [0, 0.1) is 11.7 Å². The Morgan fingerprint density at radius 2 is 2.03 bits per heavy atom. The highest BCUT2D eigenvalue weighted by Crippen LogP contribution is 2.32. The van der Waals surface area contributed by atoms with Gasteiger partial charge in [0.25, 0.3) is 0 Å². The summed E-state index contributed by atoms with van der Waals surface area (Å²) in [7, 11) is 1.56.